The molecule has 11 heteroatoms. The number of hydrogen-bond acceptors (Lipinski definition) is 7. The molecule has 0 aliphatic rings. The van der Waals surface area contributed by atoms with E-state index in [4.69, 9.17) is 11.5 Å². The predicted molar refractivity (Wildman–Crippen MR) is 113 cm³/mol. The van der Waals surface area contributed by atoms with Gasteiger partial charge in [0.1, 0.15) is 18.1 Å². The molecule has 3 amide bonds. The highest BCUT2D eigenvalue weighted by molar-refractivity contribution is 7.98. The van der Waals surface area contributed by atoms with Gasteiger partial charge in [-0.15, -0.1) is 0 Å². The topological polar surface area (TPSA) is 177 Å². The molecule has 3 unspecified atom stereocenters. The number of carbonyl (C=O) groups is 4. The van der Waals surface area contributed by atoms with Crippen LogP contribution in [0.15, 0.2) is 0 Å². The van der Waals surface area contributed by atoms with E-state index < -0.39 is 41.8 Å². The minimum Gasteiger partial charge on any atom is -0.480 e. The van der Waals surface area contributed by atoms with Crippen molar-refractivity contribution < 1.29 is 24.3 Å². The van der Waals surface area contributed by atoms with Crippen molar-refractivity contribution in [2.45, 2.75) is 57.7 Å². The molecular weight excluding hydrogens is 398 g/mol. The van der Waals surface area contributed by atoms with Gasteiger partial charge in [-0.2, -0.15) is 11.8 Å². The summed E-state index contributed by atoms with van der Waals surface area (Å²) in [6, 6.07) is -2.82. The molecule has 0 spiro atoms. The second kappa shape index (κ2) is 15.1. The van der Waals surface area contributed by atoms with E-state index in [-0.39, 0.29) is 12.5 Å². The number of thioether (sulfide) groups is 1. The van der Waals surface area contributed by atoms with Crippen molar-refractivity contribution in [3.8, 4) is 0 Å². The van der Waals surface area contributed by atoms with E-state index in [0.717, 1.165) is 0 Å². The molecule has 29 heavy (non-hydrogen) atoms. The summed E-state index contributed by atoms with van der Waals surface area (Å²) in [6.07, 6.45) is 3.85. The number of aliphatic carboxylic acids is 1. The summed E-state index contributed by atoms with van der Waals surface area (Å²) in [4.78, 5) is 48.4. The summed E-state index contributed by atoms with van der Waals surface area (Å²) in [6.45, 7) is 3.57. The standard InChI is InChI=1S/C18H35N5O5S/c1-11(2)15(18(27)28)23-17(26)13(7-9-29-3)22-16(25)12(6-4-5-8-19)21-14(24)10-20/h11-13,15H,4-10,19-20H2,1-3H3,(H,21,24)(H,22,25)(H,23,26)(H,27,28). The molecule has 0 aromatic heterocycles. The first-order valence-electron chi connectivity index (χ1n) is 9.69. The maximum absolute atomic E-state index is 12.7. The van der Waals surface area contributed by atoms with Crippen molar-refractivity contribution in [1.82, 2.24) is 16.0 Å². The third-order valence-electron chi connectivity index (χ3n) is 4.26. The number of nitrogens with two attached hydrogens (primary N) is 2. The molecule has 0 bridgehead atoms. The minimum absolute atomic E-state index is 0.258. The zero-order valence-electron chi connectivity index (χ0n) is 17.4. The van der Waals surface area contributed by atoms with Gasteiger partial charge in [-0.05, 0) is 50.2 Å². The zero-order valence-corrected chi connectivity index (χ0v) is 18.2. The van der Waals surface area contributed by atoms with Crippen LogP contribution in [-0.2, 0) is 19.2 Å². The van der Waals surface area contributed by atoms with Gasteiger partial charge in [-0.25, -0.2) is 4.79 Å². The summed E-state index contributed by atoms with van der Waals surface area (Å²) < 4.78 is 0. The molecule has 0 rings (SSSR count). The Balaban J connectivity index is 5.25. The monoisotopic (exact) mass is 433 g/mol. The van der Waals surface area contributed by atoms with Crippen LogP contribution in [0.3, 0.4) is 0 Å². The smallest absolute Gasteiger partial charge is 0.326 e. The average Bonchev–Trinajstić information content (AvgIpc) is 2.67. The lowest BCUT2D eigenvalue weighted by molar-refractivity contribution is -0.143. The van der Waals surface area contributed by atoms with Crippen molar-refractivity contribution in [2.24, 2.45) is 17.4 Å². The van der Waals surface area contributed by atoms with Gasteiger partial charge in [-0.3, -0.25) is 14.4 Å². The molecule has 10 nitrogen and oxygen atoms in total. The Kier molecular flexibility index (Phi) is 14.1. The first-order chi connectivity index (χ1) is 13.7. The van der Waals surface area contributed by atoms with Crippen molar-refractivity contribution in [2.75, 3.05) is 25.1 Å². The first kappa shape index (κ1) is 27.1. The molecule has 3 atom stereocenters. The van der Waals surface area contributed by atoms with Gasteiger partial charge in [0.05, 0.1) is 6.54 Å². The number of nitrogens with one attached hydrogen (secondary N) is 3. The maximum atomic E-state index is 12.7. The molecule has 168 valence electrons. The molecule has 0 heterocycles. The number of rotatable bonds is 15. The fourth-order valence-electron chi connectivity index (χ4n) is 2.56. The summed E-state index contributed by atoms with van der Waals surface area (Å²) in [5.74, 6) is -2.43. The number of carboxylic acid groups (broad SMARTS) is 1. The summed E-state index contributed by atoms with van der Waals surface area (Å²) in [7, 11) is 0. The molecule has 8 N–H and O–H groups in total. The lowest BCUT2D eigenvalue weighted by atomic mass is 10.0. The second-order valence-corrected chi connectivity index (χ2v) is 8.01. The highest BCUT2D eigenvalue weighted by atomic mass is 32.2. The maximum Gasteiger partial charge on any atom is 0.326 e. The van der Waals surface area contributed by atoms with Crippen molar-refractivity contribution in [3.63, 3.8) is 0 Å². The number of carbonyl (C=O) groups excluding carboxylic acids is 3. The van der Waals surface area contributed by atoms with E-state index in [2.05, 4.69) is 16.0 Å². The zero-order chi connectivity index (χ0) is 22.4. The Hall–Kier alpha value is -1.85. The molecule has 0 aromatic carbocycles. The van der Waals surface area contributed by atoms with Crippen LogP contribution >= 0.6 is 11.8 Å². The van der Waals surface area contributed by atoms with Crippen LogP contribution in [0, 0.1) is 5.92 Å². The summed E-state index contributed by atoms with van der Waals surface area (Å²) >= 11 is 1.50. The molecule has 0 aliphatic carbocycles. The lowest BCUT2D eigenvalue weighted by Gasteiger charge is -2.25. The Labute approximate surface area is 176 Å². The molecular formula is C18H35N5O5S. The van der Waals surface area contributed by atoms with Crippen molar-refractivity contribution in [3.05, 3.63) is 0 Å². The van der Waals surface area contributed by atoms with Crippen LogP contribution in [0.5, 0.6) is 0 Å². The van der Waals surface area contributed by atoms with Crippen molar-refractivity contribution >= 4 is 35.5 Å². The van der Waals surface area contributed by atoms with Gasteiger partial charge in [-0.1, -0.05) is 13.8 Å². The van der Waals surface area contributed by atoms with Crippen LogP contribution in [0.2, 0.25) is 0 Å². The van der Waals surface area contributed by atoms with Gasteiger partial charge in [0.25, 0.3) is 0 Å². The minimum atomic E-state index is -1.14. The van der Waals surface area contributed by atoms with E-state index >= 15 is 0 Å². The average molecular weight is 434 g/mol. The van der Waals surface area contributed by atoms with E-state index in [0.29, 0.717) is 38.0 Å². The van der Waals surface area contributed by atoms with Gasteiger partial charge in [0, 0.05) is 0 Å². The number of carboxylic acids is 1. The second-order valence-electron chi connectivity index (χ2n) is 7.02. The largest absolute Gasteiger partial charge is 0.480 e. The molecule has 0 saturated carbocycles. The number of unbranched alkanes of at least 4 members (excludes halogenated alkanes) is 1. The molecule has 0 aromatic rings. The molecule has 0 saturated heterocycles. The van der Waals surface area contributed by atoms with Crippen LogP contribution in [0.4, 0.5) is 0 Å². The summed E-state index contributed by atoms with van der Waals surface area (Å²) in [5.41, 5.74) is 10.8. The fraction of sp³-hybridized carbons (Fsp3) is 0.778. The highest BCUT2D eigenvalue weighted by Crippen LogP contribution is 2.07. The van der Waals surface area contributed by atoms with Crippen LogP contribution in [0.25, 0.3) is 0 Å². The third kappa shape index (κ3) is 11.1. The van der Waals surface area contributed by atoms with E-state index in [1.807, 2.05) is 6.26 Å². The Morgan fingerprint density at radius 1 is 0.931 bits per heavy atom. The Bertz CT molecular complexity index is 547. The van der Waals surface area contributed by atoms with Crippen LogP contribution in [0.1, 0.15) is 39.5 Å². The van der Waals surface area contributed by atoms with Crippen molar-refractivity contribution in [1.29, 1.82) is 0 Å². The number of amides is 3. The lowest BCUT2D eigenvalue weighted by Crippen LogP contribution is -2.57. The van der Waals surface area contributed by atoms with Gasteiger partial charge in [0.15, 0.2) is 0 Å². The first-order valence-corrected chi connectivity index (χ1v) is 11.1. The van der Waals surface area contributed by atoms with Crippen LogP contribution in [-0.4, -0.2) is 72.0 Å². The van der Waals surface area contributed by atoms with Crippen LogP contribution < -0.4 is 27.4 Å². The third-order valence-corrected chi connectivity index (χ3v) is 4.90. The fourth-order valence-corrected chi connectivity index (χ4v) is 3.03. The van der Waals surface area contributed by atoms with Gasteiger partial charge in [0.2, 0.25) is 17.7 Å². The van der Waals surface area contributed by atoms with E-state index in [1.165, 1.54) is 11.8 Å². The quantitative estimate of drug-likeness (QED) is 0.179. The SMILES string of the molecule is CSCCC(NC(=O)C(CCCCN)NC(=O)CN)C(=O)NC(C(=O)O)C(C)C. The Morgan fingerprint density at radius 2 is 1.52 bits per heavy atom. The van der Waals surface area contributed by atoms with E-state index in [1.54, 1.807) is 13.8 Å². The van der Waals surface area contributed by atoms with Gasteiger partial charge >= 0.3 is 5.97 Å². The molecule has 0 fully saturated rings. The number of hydrogen-bond donors (Lipinski definition) is 6. The van der Waals surface area contributed by atoms with Gasteiger partial charge < -0.3 is 32.5 Å². The Morgan fingerprint density at radius 3 is 2.00 bits per heavy atom. The highest BCUT2D eigenvalue weighted by Gasteiger charge is 2.30. The predicted octanol–water partition coefficient (Wildman–Crippen LogP) is -0.978. The normalized spacial score (nSPS) is 14.0. The van der Waals surface area contributed by atoms with E-state index in [9.17, 15) is 24.3 Å². The molecule has 0 aliphatic heterocycles. The summed E-state index contributed by atoms with van der Waals surface area (Å²) in [5, 5.41) is 17.0. The molecule has 0 radical (unpaired) electrons.